The van der Waals surface area contributed by atoms with Crippen LogP contribution in [0.25, 0.3) is 0 Å². The lowest BCUT2D eigenvalue weighted by Crippen LogP contribution is -2.28. The molecule has 3 N–H and O–H groups in total. The molecule has 0 saturated heterocycles. The zero-order chi connectivity index (χ0) is 21.1. The van der Waals surface area contributed by atoms with E-state index >= 15 is 0 Å². The van der Waals surface area contributed by atoms with Crippen molar-refractivity contribution in [2.45, 2.75) is 39.7 Å². The van der Waals surface area contributed by atoms with E-state index in [1.165, 1.54) is 24.8 Å². The Morgan fingerprint density at radius 3 is 2.72 bits per heavy atom. The van der Waals surface area contributed by atoms with Gasteiger partial charge in [0.15, 0.2) is 11.5 Å². The summed E-state index contributed by atoms with van der Waals surface area (Å²) in [5.74, 6) is 0.0628. The summed E-state index contributed by atoms with van der Waals surface area (Å²) >= 11 is 0. The molecule has 0 radical (unpaired) electrons. The van der Waals surface area contributed by atoms with Crippen LogP contribution in [-0.2, 0) is 6.42 Å². The number of allylic oxidation sites excluding steroid dienone is 1. The number of aryl methyl sites for hydroxylation is 2. The number of phenols is 2. The molecule has 1 amide bonds. The number of carbonyl (C=O) groups is 1. The third-order valence-electron chi connectivity index (χ3n) is 5.28. The summed E-state index contributed by atoms with van der Waals surface area (Å²) in [5.41, 5.74) is 3.16. The number of benzene rings is 1. The van der Waals surface area contributed by atoms with Crippen LogP contribution in [0.2, 0.25) is 0 Å². The Labute approximate surface area is 169 Å². The van der Waals surface area contributed by atoms with Crippen molar-refractivity contribution in [1.29, 1.82) is 0 Å². The van der Waals surface area contributed by atoms with Gasteiger partial charge in [0.05, 0.1) is 25.1 Å². The Balaban J connectivity index is 1.62. The maximum atomic E-state index is 12.5. The van der Waals surface area contributed by atoms with Gasteiger partial charge in [-0.1, -0.05) is 13.0 Å². The molecule has 0 aliphatic carbocycles. The van der Waals surface area contributed by atoms with E-state index in [-0.39, 0.29) is 17.4 Å². The first kappa shape index (κ1) is 20.5. The van der Waals surface area contributed by atoms with E-state index in [9.17, 15) is 15.0 Å². The number of amides is 1. The van der Waals surface area contributed by atoms with E-state index in [0.29, 0.717) is 18.0 Å². The van der Waals surface area contributed by atoms with Crippen molar-refractivity contribution in [3.05, 3.63) is 52.6 Å². The van der Waals surface area contributed by atoms with Crippen LogP contribution in [0.3, 0.4) is 0 Å². The van der Waals surface area contributed by atoms with Gasteiger partial charge in [-0.25, -0.2) is 0 Å². The summed E-state index contributed by atoms with van der Waals surface area (Å²) in [7, 11) is 1.35. The van der Waals surface area contributed by atoms with Crippen LogP contribution in [0, 0.1) is 19.8 Å². The number of methoxy groups -OCH3 is 1. The molecular formula is C22H26N2O5. The maximum absolute atomic E-state index is 12.5. The highest BCUT2D eigenvalue weighted by Crippen LogP contribution is 2.36. The van der Waals surface area contributed by atoms with Gasteiger partial charge in [-0.3, -0.25) is 9.79 Å². The van der Waals surface area contributed by atoms with Crippen molar-refractivity contribution < 1.29 is 24.2 Å². The number of aromatic hydroxyl groups is 2. The molecule has 7 nitrogen and oxygen atoms in total. The van der Waals surface area contributed by atoms with Gasteiger partial charge in [-0.15, -0.1) is 0 Å². The van der Waals surface area contributed by atoms with Crippen molar-refractivity contribution in [3.8, 4) is 17.2 Å². The van der Waals surface area contributed by atoms with Gasteiger partial charge >= 0.3 is 0 Å². The fraction of sp³-hybridized carbons (Fsp3) is 0.364. The average molecular weight is 398 g/mol. The predicted octanol–water partition coefficient (Wildman–Crippen LogP) is 3.65. The summed E-state index contributed by atoms with van der Waals surface area (Å²) in [4.78, 5) is 17.1. The molecule has 2 atom stereocenters. The largest absolute Gasteiger partial charge is 0.504 e. The van der Waals surface area contributed by atoms with E-state index in [1.54, 1.807) is 12.5 Å². The van der Waals surface area contributed by atoms with Crippen LogP contribution < -0.4 is 10.1 Å². The lowest BCUT2D eigenvalue weighted by atomic mass is 9.90. The fourth-order valence-electron chi connectivity index (χ4n) is 3.44. The highest BCUT2D eigenvalue weighted by atomic mass is 16.5. The van der Waals surface area contributed by atoms with Crippen molar-refractivity contribution >= 4 is 12.1 Å². The Kier molecular flexibility index (Phi) is 5.96. The van der Waals surface area contributed by atoms with Crippen molar-refractivity contribution in [2.75, 3.05) is 7.11 Å². The second-order valence-electron chi connectivity index (χ2n) is 7.38. The average Bonchev–Trinajstić information content (AvgIpc) is 3.02. The number of rotatable bonds is 6. The molecule has 3 rings (SSSR count). The first-order valence-electron chi connectivity index (χ1n) is 9.48. The minimum atomic E-state index is -0.424. The van der Waals surface area contributed by atoms with Crippen LogP contribution in [0.4, 0.5) is 0 Å². The van der Waals surface area contributed by atoms with Crippen molar-refractivity contribution in [2.24, 2.45) is 10.9 Å². The van der Waals surface area contributed by atoms with Crippen LogP contribution in [0.5, 0.6) is 17.2 Å². The SMILES string of the molecule is COc1cc(C(=O)NC2=CCC(C(C)Cc3c(C)coc3C)N=C2)cc(O)c1O. The molecule has 154 valence electrons. The molecule has 1 aliphatic rings. The Morgan fingerprint density at radius 1 is 1.38 bits per heavy atom. The predicted molar refractivity (Wildman–Crippen MR) is 110 cm³/mol. The monoisotopic (exact) mass is 398 g/mol. The Morgan fingerprint density at radius 2 is 2.14 bits per heavy atom. The van der Waals surface area contributed by atoms with Crippen LogP contribution in [0.1, 0.15) is 40.6 Å². The van der Waals surface area contributed by atoms with Crippen LogP contribution in [-0.4, -0.2) is 35.5 Å². The van der Waals surface area contributed by atoms with Gasteiger partial charge in [0.2, 0.25) is 5.75 Å². The molecule has 0 fully saturated rings. The summed E-state index contributed by atoms with van der Waals surface area (Å²) in [5, 5.41) is 22.2. The molecule has 2 aromatic rings. The second-order valence-corrected chi connectivity index (χ2v) is 7.38. The van der Waals surface area contributed by atoms with E-state index in [2.05, 4.69) is 17.2 Å². The normalized spacial score (nSPS) is 17.0. The molecule has 0 spiro atoms. The minimum Gasteiger partial charge on any atom is -0.504 e. The van der Waals surface area contributed by atoms with Crippen molar-refractivity contribution in [3.63, 3.8) is 0 Å². The number of carbonyl (C=O) groups excluding carboxylic acids is 1. The number of ether oxygens (including phenoxy) is 1. The molecule has 0 saturated carbocycles. The van der Waals surface area contributed by atoms with Crippen LogP contribution in [0.15, 0.2) is 39.6 Å². The lowest BCUT2D eigenvalue weighted by Gasteiger charge is -2.22. The summed E-state index contributed by atoms with van der Waals surface area (Å²) in [6.45, 7) is 6.19. The fourth-order valence-corrected chi connectivity index (χ4v) is 3.44. The first-order chi connectivity index (χ1) is 13.8. The van der Waals surface area contributed by atoms with Gasteiger partial charge in [0.25, 0.3) is 5.91 Å². The first-order valence-corrected chi connectivity index (χ1v) is 9.48. The number of hydrogen-bond donors (Lipinski definition) is 3. The van der Waals surface area contributed by atoms with Gasteiger partial charge < -0.3 is 24.7 Å². The quantitative estimate of drug-likeness (QED) is 0.644. The van der Waals surface area contributed by atoms with E-state index in [0.717, 1.165) is 17.7 Å². The molecule has 0 bridgehead atoms. The zero-order valence-corrected chi connectivity index (χ0v) is 17.0. The van der Waals surface area contributed by atoms with Gasteiger partial charge in [-0.2, -0.15) is 0 Å². The van der Waals surface area contributed by atoms with Gasteiger partial charge in [0, 0.05) is 11.8 Å². The zero-order valence-electron chi connectivity index (χ0n) is 17.0. The summed E-state index contributed by atoms with van der Waals surface area (Å²) < 4.78 is 10.4. The highest BCUT2D eigenvalue weighted by molar-refractivity contribution is 6.00. The molecule has 1 aromatic carbocycles. The third-order valence-corrected chi connectivity index (χ3v) is 5.28. The number of aliphatic imine (C=N–C) groups is 1. The summed E-state index contributed by atoms with van der Waals surface area (Å²) in [6, 6.07) is 2.68. The molecule has 29 heavy (non-hydrogen) atoms. The maximum Gasteiger partial charge on any atom is 0.255 e. The number of dihydropyridines is 1. The molecule has 1 aliphatic heterocycles. The van der Waals surface area contributed by atoms with Crippen LogP contribution >= 0.6 is 0 Å². The number of furan rings is 1. The standard InChI is InChI=1S/C22H26N2O5/c1-12(7-17-13(2)11-29-14(17)3)18-6-5-16(10-23-18)24-22(27)15-8-19(25)21(26)20(9-15)28-4/h5,8-12,18,25-26H,6-7H2,1-4H3,(H,24,27). The second kappa shape index (κ2) is 8.43. The Bertz CT molecular complexity index is 954. The molecule has 1 aromatic heterocycles. The molecular weight excluding hydrogens is 372 g/mol. The highest BCUT2D eigenvalue weighted by Gasteiger charge is 2.22. The smallest absolute Gasteiger partial charge is 0.255 e. The topological polar surface area (TPSA) is 104 Å². The number of phenolic OH excluding ortho intramolecular Hbond substituents is 2. The Hall–Kier alpha value is -3.22. The number of hydrogen-bond acceptors (Lipinski definition) is 6. The van der Waals surface area contributed by atoms with Crippen molar-refractivity contribution in [1.82, 2.24) is 5.32 Å². The number of nitrogens with zero attached hydrogens (tertiary/aromatic N) is 1. The van der Waals surface area contributed by atoms with E-state index in [1.807, 2.05) is 19.9 Å². The molecule has 2 unspecified atom stereocenters. The molecule has 7 heteroatoms. The number of nitrogens with one attached hydrogen (secondary N) is 1. The van der Waals surface area contributed by atoms with E-state index in [4.69, 9.17) is 9.15 Å². The van der Waals surface area contributed by atoms with Gasteiger partial charge in [0.1, 0.15) is 5.76 Å². The summed E-state index contributed by atoms with van der Waals surface area (Å²) in [6.07, 6.45) is 6.99. The van der Waals surface area contributed by atoms with E-state index < -0.39 is 17.4 Å². The minimum absolute atomic E-state index is 0.0279. The molecule has 2 heterocycles. The third kappa shape index (κ3) is 4.45. The van der Waals surface area contributed by atoms with Gasteiger partial charge in [-0.05, 0) is 55.9 Å². The lowest BCUT2D eigenvalue weighted by molar-refractivity contribution is 0.0967.